The fourth-order valence-corrected chi connectivity index (χ4v) is 4.43. The molecule has 0 radical (unpaired) electrons. The van der Waals surface area contributed by atoms with Gasteiger partial charge in [0.15, 0.2) is 9.84 Å². The van der Waals surface area contributed by atoms with E-state index in [4.69, 9.17) is 14.9 Å². The Kier molecular flexibility index (Phi) is 5.13. The molecule has 1 aliphatic rings. The number of benzene rings is 1. The highest BCUT2D eigenvalue weighted by molar-refractivity contribution is 7.92. The van der Waals surface area contributed by atoms with Crippen molar-refractivity contribution < 1.29 is 33.0 Å². The second-order valence-electron chi connectivity index (χ2n) is 5.24. The molecule has 2 atom stereocenters. The Morgan fingerprint density at radius 1 is 1.33 bits per heavy atom. The minimum Gasteiger partial charge on any atom is -0.488 e. The van der Waals surface area contributed by atoms with Crippen LogP contribution in [0.5, 0.6) is 5.75 Å². The standard InChI is InChI=1S/C15H17NO7S/c1-2-7-23-12-5-3-4-6-13(12)24(21,22)10-8-11(14(17)18)16(9-10)15(19)20/h2-6,10-11H,1,7-9H2,(H,17,18)(H,19,20)/t10-,11+/m1/s1. The van der Waals surface area contributed by atoms with E-state index in [0.717, 1.165) is 0 Å². The lowest BCUT2D eigenvalue weighted by Crippen LogP contribution is -2.39. The van der Waals surface area contributed by atoms with Crippen LogP contribution in [0.15, 0.2) is 41.8 Å². The van der Waals surface area contributed by atoms with Crippen LogP contribution in [0.1, 0.15) is 6.42 Å². The van der Waals surface area contributed by atoms with Crippen molar-refractivity contribution in [3.05, 3.63) is 36.9 Å². The average molecular weight is 355 g/mol. The lowest BCUT2D eigenvalue weighted by atomic mass is 10.2. The van der Waals surface area contributed by atoms with E-state index in [1.54, 1.807) is 6.07 Å². The monoisotopic (exact) mass is 355 g/mol. The molecule has 1 amide bonds. The number of ether oxygens (including phenoxy) is 1. The maximum Gasteiger partial charge on any atom is 0.408 e. The third-order valence-corrected chi connectivity index (χ3v) is 5.91. The van der Waals surface area contributed by atoms with E-state index in [1.807, 2.05) is 0 Å². The van der Waals surface area contributed by atoms with Gasteiger partial charge in [0.05, 0.1) is 5.25 Å². The summed E-state index contributed by atoms with van der Waals surface area (Å²) in [5.41, 5.74) is 0. The van der Waals surface area contributed by atoms with Crippen molar-refractivity contribution in [1.29, 1.82) is 0 Å². The zero-order valence-corrected chi connectivity index (χ0v) is 13.5. The van der Waals surface area contributed by atoms with Gasteiger partial charge < -0.3 is 14.9 Å². The Bertz CT molecular complexity index is 737. The average Bonchev–Trinajstić information content (AvgIpc) is 2.99. The van der Waals surface area contributed by atoms with Crippen molar-refractivity contribution in [3.8, 4) is 5.75 Å². The molecular formula is C15H17NO7S. The molecule has 0 saturated carbocycles. The van der Waals surface area contributed by atoms with Gasteiger partial charge in [-0.05, 0) is 18.6 Å². The Hall–Kier alpha value is -2.55. The number of hydrogen-bond donors (Lipinski definition) is 2. The van der Waals surface area contributed by atoms with Crippen molar-refractivity contribution in [1.82, 2.24) is 4.90 Å². The van der Waals surface area contributed by atoms with Gasteiger partial charge >= 0.3 is 12.1 Å². The maximum atomic E-state index is 12.8. The summed E-state index contributed by atoms with van der Waals surface area (Å²) in [7, 11) is -3.96. The van der Waals surface area contributed by atoms with Crippen LogP contribution in [0.4, 0.5) is 4.79 Å². The summed E-state index contributed by atoms with van der Waals surface area (Å²) in [5, 5.41) is 17.1. The molecule has 1 heterocycles. The van der Waals surface area contributed by atoms with Crippen molar-refractivity contribution in [3.63, 3.8) is 0 Å². The highest BCUT2D eigenvalue weighted by Crippen LogP contribution is 2.33. The Balaban J connectivity index is 2.36. The van der Waals surface area contributed by atoms with E-state index in [-0.39, 0.29) is 23.7 Å². The van der Waals surface area contributed by atoms with Gasteiger partial charge in [0, 0.05) is 6.54 Å². The van der Waals surface area contributed by atoms with Crippen molar-refractivity contribution in [2.24, 2.45) is 0 Å². The topological polar surface area (TPSA) is 121 Å². The first-order valence-corrected chi connectivity index (χ1v) is 8.62. The fraction of sp³-hybridized carbons (Fsp3) is 0.333. The lowest BCUT2D eigenvalue weighted by molar-refractivity contribution is -0.141. The Labute approximate surface area is 138 Å². The molecule has 8 nitrogen and oxygen atoms in total. The van der Waals surface area contributed by atoms with Gasteiger partial charge in [0.25, 0.3) is 0 Å². The number of para-hydroxylation sites is 1. The molecule has 2 N–H and O–H groups in total. The second-order valence-corrected chi connectivity index (χ2v) is 7.43. The first-order valence-electron chi connectivity index (χ1n) is 7.08. The molecule has 0 aromatic heterocycles. The first kappa shape index (κ1) is 17.8. The Morgan fingerprint density at radius 3 is 2.54 bits per heavy atom. The maximum absolute atomic E-state index is 12.8. The van der Waals surface area contributed by atoms with Crippen LogP contribution in [0.3, 0.4) is 0 Å². The minimum absolute atomic E-state index is 0.0896. The van der Waals surface area contributed by atoms with Crippen LogP contribution in [0.25, 0.3) is 0 Å². The zero-order valence-electron chi connectivity index (χ0n) is 12.7. The summed E-state index contributed by atoms with van der Waals surface area (Å²) in [6.45, 7) is 3.20. The van der Waals surface area contributed by atoms with Gasteiger partial charge in [-0.3, -0.25) is 4.90 Å². The second kappa shape index (κ2) is 6.91. The third-order valence-electron chi connectivity index (χ3n) is 3.74. The normalized spacial score (nSPS) is 20.6. The highest BCUT2D eigenvalue weighted by Gasteiger charge is 2.46. The van der Waals surface area contributed by atoms with Crippen LogP contribution in [-0.4, -0.2) is 60.0 Å². The number of aliphatic carboxylic acids is 1. The van der Waals surface area contributed by atoms with E-state index in [0.29, 0.717) is 4.90 Å². The molecule has 0 unspecified atom stereocenters. The number of sulfone groups is 1. The third kappa shape index (κ3) is 3.35. The van der Waals surface area contributed by atoms with E-state index in [9.17, 15) is 18.0 Å². The summed E-state index contributed by atoms with van der Waals surface area (Å²) in [4.78, 5) is 22.9. The first-order chi connectivity index (χ1) is 11.3. The van der Waals surface area contributed by atoms with E-state index >= 15 is 0 Å². The molecule has 0 spiro atoms. The number of hydrogen-bond acceptors (Lipinski definition) is 5. The van der Waals surface area contributed by atoms with Gasteiger partial charge in [-0.1, -0.05) is 24.8 Å². The molecule has 1 aromatic carbocycles. The summed E-state index contributed by atoms with van der Waals surface area (Å²) < 4.78 is 31.0. The molecule has 1 aliphatic heterocycles. The van der Waals surface area contributed by atoms with Crippen LogP contribution >= 0.6 is 0 Å². The number of carboxylic acid groups (broad SMARTS) is 2. The zero-order chi connectivity index (χ0) is 17.9. The predicted octanol–water partition coefficient (Wildman–Crippen LogP) is 1.23. The molecule has 2 rings (SSSR count). The lowest BCUT2D eigenvalue weighted by Gasteiger charge is -2.17. The van der Waals surface area contributed by atoms with Gasteiger partial charge in [0.1, 0.15) is 23.3 Å². The molecule has 0 bridgehead atoms. The van der Waals surface area contributed by atoms with Crippen molar-refractivity contribution >= 4 is 21.9 Å². The largest absolute Gasteiger partial charge is 0.488 e. The number of nitrogens with zero attached hydrogens (tertiary/aromatic N) is 1. The Morgan fingerprint density at radius 2 is 2.00 bits per heavy atom. The smallest absolute Gasteiger partial charge is 0.408 e. The van der Waals surface area contributed by atoms with E-state index < -0.39 is 39.7 Å². The summed E-state index contributed by atoms with van der Waals surface area (Å²) in [6, 6.07) is 4.58. The summed E-state index contributed by atoms with van der Waals surface area (Å²) in [5.74, 6) is -1.25. The van der Waals surface area contributed by atoms with Gasteiger partial charge in [-0.25, -0.2) is 18.0 Å². The number of likely N-dealkylation sites (tertiary alicyclic amines) is 1. The van der Waals surface area contributed by atoms with Crippen LogP contribution in [0, 0.1) is 0 Å². The van der Waals surface area contributed by atoms with E-state index in [2.05, 4.69) is 6.58 Å². The molecule has 1 aromatic rings. The molecule has 9 heteroatoms. The molecule has 1 fully saturated rings. The van der Waals surface area contributed by atoms with Crippen LogP contribution in [0.2, 0.25) is 0 Å². The molecule has 130 valence electrons. The molecule has 24 heavy (non-hydrogen) atoms. The number of amides is 1. The molecular weight excluding hydrogens is 338 g/mol. The van der Waals surface area contributed by atoms with Gasteiger partial charge in [-0.15, -0.1) is 0 Å². The highest BCUT2D eigenvalue weighted by atomic mass is 32.2. The number of carbonyl (C=O) groups is 2. The van der Waals surface area contributed by atoms with E-state index in [1.165, 1.54) is 24.3 Å². The molecule has 1 saturated heterocycles. The number of rotatable bonds is 6. The SMILES string of the molecule is C=CCOc1ccccc1S(=O)(=O)[C@@H]1C[C@@H](C(=O)O)N(C(=O)O)C1. The minimum atomic E-state index is -3.96. The molecule has 0 aliphatic carbocycles. The van der Waals surface area contributed by atoms with Gasteiger partial charge in [0.2, 0.25) is 0 Å². The quantitative estimate of drug-likeness (QED) is 0.736. The van der Waals surface area contributed by atoms with Crippen molar-refractivity contribution in [2.75, 3.05) is 13.2 Å². The van der Waals surface area contributed by atoms with Crippen LogP contribution < -0.4 is 4.74 Å². The number of carboxylic acids is 1. The predicted molar refractivity (Wildman–Crippen MR) is 83.9 cm³/mol. The summed E-state index contributed by atoms with van der Waals surface area (Å²) in [6.07, 6.45) is -0.304. The van der Waals surface area contributed by atoms with Crippen molar-refractivity contribution in [2.45, 2.75) is 22.6 Å². The van der Waals surface area contributed by atoms with Crippen LogP contribution in [-0.2, 0) is 14.6 Å². The fourth-order valence-electron chi connectivity index (χ4n) is 2.60. The summed E-state index contributed by atoms with van der Waals surface area (Å²) >= 11 is 0. The van der Waals surface area contributed by atoms with Gasteiger partial charge in [-0.2, -0.15) is 0 Å².